The highest BCUT2D eigenvalue weighted by molar-refractivity contribution is 7.89. The van der Waals surface area contributed by atoms with Crippen molar-refractivity contribution < 1.29 is 22.7 Å². The quantitative estimate of drug-likeness (QED) is 0.635. The fraction of sp³-hybridized carbons (Fsp3) is 0.304. The average Bonchev–Trinajstić information content (AvgIpc) is 2.81. The number of methoxy groups -OCH3 is 1. The molecule has 0 radical (unpaired) electrons. The molecule has 1 fully saturated rings. The number of hydrogen-bond donors (Lipinski definition) is 0. The lowest BCUT2D eigenvalue weighted by atomic mass is 9.95. The normalized spacial score (nSPS) is 17.7. The highest BCUT2D eigenvalue weighted by Crippen LogP contribution is 2.41. The summed E-state index contributed by atoms with van der Waals surface area (Å²) in [7, 11) is -3.03. The number of carbonyl (C=O) groups excluding carboxylic acids is 2. The van der Waals surface area contributed by atoms with Crippen LogP contribution in [0.2, 0.25) is 5.02 Å². The molecule has 0 spiro atoms. The first kappa shape index (κ1) is 22.4. The zero-order valence-corrected chi connectivity index (χ0v) is 19.2. The van der Waals surface area contributed by atoms with E-state index in [2.05, 4.69) is 0 Å². The third-order valence-corrected chi connectivity index (χ3v) is 7.73. The Hall–Kier alpha value is -2.84. The summed E-state index contributed by atoms with van der Waals surface area (Å²) >= 11 is 6.20. The van der Waals surface area contributed by atoms with Crippen LogP contribution in [-0.2, 0) is 24.3 Å². The smallest absolute Gasteiger partial charge is 0.356 e. The van der Waals surface area contributed by atoms with Gasteiger partial charge in [-0.2, -0.15) is 0 Å². The molecule has 1 amide bonds. The van der Waals surface area contributed by atoms with E-state index in [4.69, 9.17) is 16.3 Å². The monoisotopic (exact) mass is 474 g/mol. The summed E-state index contributed by atoms with van der Waals surface area (Å²) in [5, 5.41) is 0.328. The zero-order valence-electron chi connectivity index (χ0n) is 17.6. The van der Waals surface area contributed by atoms with E-state index in [-0.39, 0.29) is 16.5 Å². The predicted molar refractivity (Wildman–Crippen MR) is 120 cm³/mol. The van der Waals surface area contributed by atoms with Gasteiger partial charge in [0.25, 0.3) is 10.0 Å². The number of likely N-dealkylation sites (tertiary alicyclic amines) is 1. The zero-order chi connectivity index (χ0) is 22.9. The molecule has 4 rings (SSSR count). The van der Waals surface area contributed by atoms with E-state index in [9.17, 15) is 18.0 Å². The van der Waals surface area contributed by atoms with E-state index >= 15 is 0 Å². The number of rotatable bonds is 4. The molecule has 2 aromatic rings. The van der Waals surface area contributed by atoms with Gasteiger partial charge in [0.05, 0.1) is 12.0 Å². The number of halogens is 1. The minimum absolute atomic E-state index is 0.0140. The number of nitrogens with zero attached hydrogens (tertiary/aromatic N) is 2. The van der Waals surface area contributed by atoms with E-state index in [0.717, 1.165) is 23.6 Å². The molecule has 0 saturated carbocycles. The first-order valence-electron chi connectivity index (χ1n) is 10.3. The van der Waals surface area contributed by atoms with Crippen LogP contribution in [0.3, 0.4) is 0 Å². The number of esters is 1. The highest BCUT2D eigenvalue weighted by atomic mass is 35.5. The first-order chi connectivity index (χ1) is 15.3. The molecule has 2 heterocycles. The Balaban J connectivity index is 1.94. The third kappa shape index (κ3) is 4.00. The maximum absolute atomic E-state index is 13.6. The van der Waals surface area contributed by atoms with Gasteiger partial charge in [-0.15, -0.1) is 0 Å². The summed E-state index contributed by atoms with van der Waals surface area (Å²) < 4.78 is 33.1. The topological polar surface area (TPSA) is 84.0 Å². The van der Waals surface area contributed by atoms with Crippen LogP contribution in [0.15, 0.2) is 59.1 Å². The largest absolute Gasteiger partial charge is 0.464 e. The first-order valence-corrected chi connectivity index (χ1v) is 12.1. The molecule has 0 aliphatic carbocycles. The maximum Gasteiger partial charge on any atom is 0.356 e. The minimum Gasteiger partial charge on any atom is -0.464 e. The van der Waals surface area contributed by atoms with Gasteiger partial charge in [0, 0.05) is 29.2 Å². The van der Waals surface area contributed by atoms with E-state index in [1.165, 1.54) is 25.3 Å². The predicted octanol–water partition coefficient (Wildman–Crippen LogP) is 3.29. The molecule has 2 aliphatic heterocycles. The van der Waals surface area contributed by atoms with Gasteiger partial charge >= 0.3 is 5.97 Å². The third-order valence-electron chi connectivity index (χ3n) is 5.69. The van der Waals surface area contributed by atoms with Gasteiger partial charge < -0.3 is 9.64 Å². The summed E-state index contributed by atoms with van der Waals surface area (Å²) in [6.07, 6.45) is 2.77. The van der Waals surface area contributed by atoms with Crippen molar-refractivity contribution in [3.63, 3.8) is 0 Å². The molecular formula is C23H23ClN2O5S. The number of benzene rings is 2. The molecule has 0 N–H and O–H groups in total. The second-order valence-corrected chi connectivity index (χ2v) is 9.94. The summed E-state index contributed by atoms with van der Waals surface area (Å²) in [4.78, 5) is 27.6. The van der Waals surface area contributed by atoms with Gasteiger partial charge in [-0.05, 0) is 43.0 Å². The van der Waals surface area contributed by atoms with Crippen molar-refractivity contribution in [1.82, 2.24) is 9.21 Å². The van der Waals surface area contributed by atoms with Crippen molar-refractivity contribution in [1.29, 1.82) is 0 Å². The molecule has 0 bridgehead atoms. The number of hydrogen-bond acceptors (Lipinski definition) is 5. The van der Waals surface area contributed by atoms with Crippen molar-refractivity contribution in [2.45, 2.75) is 24.2 Å². The molecule has 9 heteroatoms. The van der Waals surface area contributed by atoms with Gasteiger partial charge in [0.15, 0.2) is 0 Å². The number of ether oxygens (including phenoxy) is 1. The minimum atomic E-state index is -4.21. The number of fused-ring (bicyclic) bond motifs is 1. The number of carbonyl (C=O) groups is 2. The average molecular weight is 475 g/mol. The van der Waals surface area contributed by atoms with E-state index in [0.29, 0.717) is 34.8 Å². The second-order valence-electron chi connectivity index (χ2n) is 7.67. The second kappa shape index (κ2) is 8.96. The molecule has 1 saturated heterocycles. The maximum atomic E-state index is 13.6. The van der Waals surface area contributed by atoms with Crippen molar-refractivity contribution in [3.05, 3.63) is 70.4 Å². The lowest BCUT2D eigenvalue weighted by molar-refractivity contribution is -0.137. The van der Waals surface area contributed by atoms with Crippen LogP contribution in [0.25, 0.3) is 5.57 Å². The van der Waals surface area contributed by atoms with E-state index < -0.39 is 22.5 Å². The van der Waals surface area contributed by atoms with Crippen LogP contribution in [0.5, 0.6) is 0 Å². The van der Waals surface area contributed by atoms with Crippen LogP contribution in [0.1, 0.15) is 30.4 Å². The Labute approximate surface area is 192 Å². The van der Waals surface area contributed by atoms with Crippen LogP contribution >= 0.6 is 11.6 Å². The van der Waals surface area contributed by atoms with Crippen molar-refractivity contribution >= 4 is 39.1 Å². The molecule has 0 aromatic heterocycles. The SMILES string of the molecule is COC(=O)C1=C(c2ccccc2)c2cc(Cl)ccc2S(=O)(=O)N1CC(=O)N1CCCCC1. The Bertz CT molecular complexity index is 1190. The molecule has 32 heavy (non-hydrogen) atoms. The van der Waals surface area contributed by atoms with Crippen LogP contribution < -0.4 is 0 Å². The van der Waals surface area contributed by atoms with E-state index in [1.54, 1.807) is 29.2 Å². The summed E-state index contributed by atoms with van der Waals surface area (Å²) in [5.74, 6) is -1.19. The molecule has 2 aliphatic rings. The van der Waals surface area contributed by atoms with Crippen molar-refractivity contribution in [2.75, 3.05) is 26.7 Å². The van der Waals surface area contributed by atoms with Crippen molar-refractivity contribution in [3.8, 4) is 0 Å². The van der Waals surface area contributed by atoms with Gasteiger partial charge in [-0.25, -0.2) is 17.5 Å². The highest BCUT2D eigenvalue weighted by Gasteiger charge is 2.42. The summed E-state index contributed by atoms with van der Waals surface area (Å²) in [5.41, 5.74) is 1.07. The number of piperidine rings is 1. The van der Waals surface area contributed by atoms with Crippen LogP contribution in [0.4, 0.5) is 0 Å². The Morgan fingerprint density at radius 2 is 1.72 bits per heavy atom. The molecule has 7 nitrogen and oxygen atoms in total. The fourth-order valence-electron chi connectivity index (χ4n) is 4.14. The molecular weight excluding hydrogens is 452 g/mol. The lowest BCUT2D eigenvalue weighted by Gasteiger charge is -2.35. The van der Waals surface area contributed by atoms with E-state index in [1.807, 2.05) is 6.07 Å². The molecule has 0 atom stereocenters. The number of amides is 1. The Morgan fingerprint density at radius 3 is 2.38 bits per heavy atom. The summed E-state index contributed by atoms with van der Waals surface area (Å²) in [6, 6.07) is 13.3. The molecule has 2 aromatic carbocycles. The Morgan fingerprint density at radius 1 is 1.03 bits per heavy atom. The standard InChI is InChI=1S/C23H23ClN2O5S/c1-31-23(28)22-21(16-8-4-2-5-9-16)18-14-17(24)10-11-19(18)32(29,30)26(22)15-20(27)25-12-6-3-7-13-25/h2,4-5,8-11,14H,3,6-7,12-13,15H2,1H3. The van der Waals surface area contributed by atoms with Crippen LogP contribution in [-0.4, -0.2) is 56.2 Å². The Kier molecular flexibility index (Phi) is 6.26. The van der Waals surface area contributed by atoms with Gasteiger partial charge in [0.1, 0.15) is 12.2 Å². The van der Waals surface area contributed by atoms with Gasteiger partial charge in [-0.3, -0.25) is 4.79 Å². The van der Waals surface area contributed by atoms with Gasteiger partial charge in [0.2, 0.25) is 5.91 Å². The van der Waals surface area contributed by atoms with Crippen LogP contribution in [0, 0.1) is 0 Å². The summed E-state index contributed by atoms with van der Waals surface area (Å²) in [6.45, 7) is 0.661. The lowest BCUT2D eigenvalue weighted by Crippen LogP contribution is -2.47. The number of sulfonamides is 1. The van der Waals surface area contributed by atoms with Crippen molar-refractivity contribution in [2.24, 2.45) is 0 Å². The fourth-order valence-corrected chi connectivity index (χ4v) is 5.92. The molecule has 0 unspecified atom stereocenters. The molecule has 168 valence electrons. The van der Waals surface area contributed by atoms with Gasteiger partial charge in [-0.1, -0.05) is 41.9 Å².